The number of nitrogens with one attached hydrogen (secondary N) is 2. The van der Waals surface area contributed by atoms with Crippen LogP contribution in [-0.2, 0) is 0 Å². The highest BCUT2D eigenvalue weighted by Crippen LogP contribution is 2.39. The average Bonchev–Trinajstić information content (AvgIpc) is 2.31. The van der Waals surface area contributed by atoms with Crippen LogP contribution in [-0.4, -0.2) is 24.6 Å². The van der Waals surface area contributed by atoms with Gasteiger partial charge in [-0.3, -0.25) is 4.99 Å². The van der Waals surface area contributed by atoms with Crippen molar-refractivity contribution in [3.05, 3.63) is 0 Å². The molecule has 0 aromatic carbocycles. The molecular weight excluding hydrogens is 162 g/mol. The van der Waals surface area contributed by atoms with Crippen molar-refractivity contribution >= 4 is 5.96 Å². The van der Waals surface area contributed by atoms with Crippen molar-refractivity contribution in [3.8, 4) is 0 Å². The molecular formula is C10H19N3. The van der Waals surface area contributed by atoms with Gasteiger partial charge in [-0.25, -0.2) is 0 Å². The van der Waals surface area contributed by atoms with Gasteiger partial charge in [-0.15, -0.1) is 0 Å². The van der Waals surface area contributed by atoms with E-state index in [2.05, 4.69) is 36.4 Å². The molecule has 1 aliphatic heterocycles. The van der Waals surface area contributed by atoms with Gasteiger partial charge in [-0.1, -0.05) is 13.8 Å². The van der Waals surface area contributed by atoms with Crippen LogP contribution in [0.2, 0.25) is 0 Å². The van der Waals surface area contributed by atoms with Gasteiger partial charge in [-0.2, -0.15) is 0 Å². The first-order valence-corrected chi connectivity index (χ1v) is 5.13. The van der Waals surface area contributed by atoms with E-state index in [-0.39, 0.29) is 0 Å². The van der Waals surface area contributed by atoms with E-state index in [1.807, 2.05) is 0 Å². The van der Waals surface area contributed by atoms with Crippen molar-refractivity contribution < 1.29 is 0 Å². The molecule has 2 N–H and O–H groups in total. The minimum atomic E-state index is 0.510. The van der Waals surface area contributed by atoms with Crippen LogP contribution in [0.15, 0.2) is 4.99 Å². The molecule has 0 aromatic heterocycles. The van der Waals surface area contributed by atoms with Crippen molar-refractivity contribution in [1.29, 1.82) is 0 Å². The zero-order valence-corrected chi connectivity index (χ0v) is 8.72. The largest absolute Gasteiger partial charge is 0.354 e. The zero-order chi connectivity index (χ0) is 9.47. The Morgan fingerprint density at radius 2 is 2.15 bits per heavy atom. The van der Waals surface area contributed by atoms with Crippen LogP contribution in [0.1, 0.15) is 33.6 Å². The highest BCUT2D eigenvalue weighted by atomic mass is 15.2. The Kier molecular flexibility index (Phi) is 1.97. The van der Waals surface area contributed by atoms with E-state index in [0.29, 0.717) is 17.5 Å². The van der Waals surface area contributed by atoms with Crippen LogP contribution in [0.4, 0.5) is 0 Å². The first-order chi connectivity index (χ1) is 6.05. The van der Waals surface area contributed by atoms with Crippen LogP contribution >= 0.6 is 0 Å². The van der Waals surface area contributed by atoms with E-state index in [9.17, 15) is 0 Å². The summed E-state index contributed by atoms with van der Waals surface area (Å²) in [6.07, 6.45) is 2.53. The Labute approximate surface area is 80.0 Å². The summed E-state index contributed by atoms with van der Waals surface area (Å²) in [7, 11) is 0. The Bertz CT molecular complexity index is 224. The fourth-order valence-corrected chi connectivity index (χ4v) is 2.21. The normalized spacial score (nSPS) is 31.9. The van der Waals surface area contributed by atoms with E-state index in [0.717, 1.165) is 12.5 Å². The molecule has 1 saturated carbocycles. The summed E-state index contributed by atoms with van der Waals surface area (Å²) in [5.41, 5.74) is 0.544. The number of aliphatic imine (C=N–C) groups is 1. The van der Waals surface area contributed by atoms with Gasteiger partial charge in [0.05, 0.1) is 6.54 Å². The van der Waals surface area contributed by atoms with Gasteiger partial charge in [0.2, 0.25) is 0 Å². The van der Waals surface area contributed by atoms with Crippen molar-refractivity contribution in [3.63, 3.8) is 0 Å². The molecule has 1 fully saturated rings. The smallest absolute Gasteiger partial charge is 0.191 e. The topological polar surface area (TPSA) is 36.4 Å². The van der Waals surface area contributed by atoms with Crippen molar-refractivity contribution in [2.75, 3.05) is 6.54 Å². The second-order valence-corrected chi connectivity index (χ2v) is 5.15. The third-order valence-electron chi connectivity index (χ3n) is 2.85. The summed E-state index contributed by atoms with van der Waals surface area (Å²) in [6, 6.07) is 1.15. The summed E-state index contributed by atoms with van der Waals surface area (Å²) in [5, 5.41) is 6.76. The molecule has 0 amide bonds. The molecule has 0 bridgehead atoms. The SMILES string of the molecule is CC1CN=C(NC2CC(C)(C)C2)N1. The van der Waals surface area contributed by atoms with E-state index in [1.54, 1.807) is 0 Å². The first-order valence-electron chi connectivity index (χ1n) is 5.13. The highest BCUT2D eigenvalue weighted by Gasteiger charge is 2.36. The Morgan fingerprint density at radius 3 is 2.62 bits per heavy atom. The molecule has 3 heteroatoms. The predicted octanol–water partition coefficient (Wildman–Crippen LogP) is 1.11. The zero-order valence-electron chi connectivity index (χ0n) is 8.72. The van der Waals surface area contributed by atoms with Gasteiger partial charge in [0.25, 0.3) is 0 Å². The highest BCUT2D eigenvalue weighted by molar-refractivity contribution is 5.82. The summed E-state index contributed by atoms with van der Waals surface area (Å²) < 4.78 is 0. The second-order valence-electron chi connectivity index (χ2n) is 5.15. The molecule has 13 heavy (non-hydrogen) atoms. The average molecular weight is 181 g/mol. The molecule has 74 valence electrons. The lowest BCUT2D eigenvalue weighted by Gasteiger charge is -2.43. The lowest BCUT2D eigenvalue weighted by Crippen LogP contribution is -2.51. The molecule has 1 heterocycles. The molecule has 0 spiro atoms. The number of rotatable bonds is 1. The van der Waals surface area contributed by atoms with Gasteiger partial charge in [0.15, 0.2) is 5.96 Å². The molecule has 0 saturated heterocycles. The molecule has 1 atom stereocenters. The van der Waals surface area contributed by atoms with Gasteiger partial charge >= 0.3 is 0 Å². The third kappa shape index (κ3) is 1.95. The summed E-state index contributed by atoms with van der Waals surface area (Å²) in [6.45, 7) is 7.71. The van der Waals surface area contributed by atoms with Crippen LogP contribution in [0.5, 0.6) is 0 Å². The molecule has 2 rings (SSSR count). The fourth-order valence-electron chi connectivity index (χ4n) is 2.21. The van der Waals surface area contributed by atoms with Crippen LogP contribution < -0.4 is 10.6 Å². The molecule has 2 aliphatic rings. The lowest BCUT2D eigenvalue weighted by molar-refractivity contribution is 0.140. The quantitative estimate of drug-likeness (QED) is 0.636. The van der Waals surface area contributed by atoms with Gasteiger partial charge < -0.3 is 10.6 Å². The van der Waals surface area contributed by atoms with Crippen LogP contribution in [0.25, 0.3) is 0 Å². The number of hydrogen-bond acceptors (Lipinski definition) is 3. The van der Waals surface area contributed by atoms with E-state index in [1.165, 1.54) is 12.8 Å². The first kappa shape index (κ1) is 8.85. The fraction of sp³-hybridized carbons (Fsp3) is 0.900. The monoisotopic (exact) mass is 181 g/mol. The van der Waals surface area contributed by atoms with Crippen molar-refractivity contribution in [2.24, 2.45) is 10.4 Å². The standard InChI is InChI=1S/C10H19N3/c1-7-6-11-9(12-7)13-8-4-10(2,3)5-8/h7-8H,4-6H2,1-3H3,(H2,11,12,13). The Hall–Kier alpha value is -0.730. The van der Waals surface area contributed by atoms with Gasteiger partial charge in [0.1, 0.15) is 0 Å². The summed E-state index contributed by atoms with van der Waals surface area (Å²) in [4.78, 5) is 4.38. The molecule has 1 unspecified atom stereocenters. The maximum Gasteiger partial charge on any atom is 0.191 e. The number of hydrogen-bond donors (Lipinski definition) is 2. The van der Waals surface area contributed by atoms with E-state index in [4.69, 9.17) is 0 Å². The van der Waals surface area contributed by atoms with Crippen LogP contribution in [0.3, 0.4) is 0 Å². The van der Waals surface area contributed by atoms with Crippen molar-refractivity contribution in [2.45, 2.75) is 45.7 Å². The maximum absolute atomic E-state index is 4.38. The summed E-state index contributed by atoms with van der Waals surface area (Å²) >= 11 is 0. The molecule has 3 nitrogen and oxygen atoms in total. The van der Waals surface area contributed by atoms with Gasteiger partial charge in [-0.05, 0) is 25.2 Å². The minimum absolute atomic E-state index is 0.510. The lowest BCUT2D eigenvalue weighted by atomic mass is 9.68. The second kappa shape index (κ2) is 2.89. The van der Waals surface area contributed by atoms with Crippen LogP contribution in [0, 0.1) is 5.41 Å². The minimum Gasteiger partial charge on any atom is -0.354 e. The third-order valence-corrected chi connectivity index (χ3v) is 2.85. The molecule has 1 aliphatic carbocycles. The maximum atomic E-state index is 4.38. The van der Waals surface area contributed by atoms with Crippen molar-refractivity contribution in [1.82, 2.24) is 10.6 Å². The van der Waals surface area contributed by atoms with E-state index >= 15 is 0 Å². The van der Waals surface area contributed by atoms with E-state index < -0.39 is 0 Å². The molecule has 0 radical (unpaired) electrons. The summed E-state index contributed by atoms with van der Waals surface area (Å²) in [5.74, 6) is 1.01. The predicted molar refractivity (Wildman–Crippen MR) is 54.8 cm³/mol. The number of nitrogens with zero attached hydrogens (tertiary/aromatic N) is 1. The molecule has 0 aromatic rings. The Balaban J connectivity index is 1.75. The Morgan fingerprint density at radius 1 is 1.46 bits per heavy atom. The van der Waals surface area contributed by atoms with Gasteiger partial charge in [0, 0.05) is 12.1 Å². The number of guanidine groups is 1.